The van der Waals surface area contributed by atoms with Gasteiger partial charge in [0.2, 0.25) is 5.91 Å². The first kappa shape index (κ1) is 16.0. The summed E-state index contributed by atoms with van der Waals surface area (Å²) in [5.41, 5.74) is 3.98. The van der Waals surface area contributed by atoms with Gasteiger partial charge in [-0.1, -0.05) is 18.2 Å². The zero-order valence-electron chi connectivity index (χ0n) is 14.0. The van der Waals surface area contributed by atoms with E-state index in [1.54, 1.807) is 7.05 Å². The zero-order valence-corrected chi connectivity index (χ0v) is 14.0. The van der Waals surface area contributed by atoms with Gasteiger partial charge in [-0.25, -0.2) is 4.98 Å². The van der Waals surface area contributed by atoms with Crippen molar-refractivity contribution in [2.45, 2.75) is 26.7 Å². The number of fused-ring (bicyclic) bond motifs is 1. The molecule has 6 nitrogen and oxygen atoms in total. The van der Waals surface area contributed by atoms with Gasteiger partial charge in [-0.05, 0) is 43.5 Å². The van der Waals surface area contributed by atoms with Gasteiger partial charge in [0.25, 0.3) is 5.56 Å². The summed E-state index contributed by atoms with van der Waals surface area (Å²) in [7, 11) is 1.67. The van der Waals surface area contributed by atoms with Gasteiger partial charge in [0.1, 0.15) is 0 Å². The van der Waals surface area contributed by atoms with E-state index in [2.05, 4.69) is 15.4 Å². The molecule has 0 atom stereocenters. The molecule has 0 bridgehead atoms. The van der Waals surface area contributed by atoms with Gasteiger partial charge < -0.3 is 5.32 Å². The molecule has 1 amide bonds. The van der Waals surface area contributed by atoms with Gasteiger partial charge >= 0.3 is 0 Å². The van der Waals surface area contributed by atoms with E-state index in [4.69, 9.17) is 0 Å². The van der Waals surface area contributed by atoms with Crippen molar-refractivity contribution >= 4 is 22.6 Å². The summed E-state index contributed by atoms with van der Waals surface area (Å²) in [6.07, 6.45) is 0.891. The summed E-state index contributed by atoms with van der Waals surface area (Å²) in [5, 5.41) is 6.42. The molecule has 0 unspecified atom stereocenters. The number of amides is 1. The molecule has 2 aromatic heterocycles. The highest BCUT2D eigenvalue weighted by atomic mass is 16.1. The molecule has 0 spiro atoms. The number of aromatic amines is 1. The first-order chi connectivity index (χ1) is 11.5. The molecule has 0 aliphatic heterocycles. The van der Waals surface area contributed by atoms with E-state index in [-0.39, 0.29) is 11.5 Å². The Morgan fingerprint density at radius 1 is 1.25 bits per heavy atom. The van der Waals surface area contributed by atoms with E-state index >= 15 is 0 Å². The maximum atomic E-state index is 12.2. The number of nitrogens with one attached hydrogen (secondary N) is 2. The van der Waals surface area contributed by atoms with E-state index in [0.717, 1.165) is 22.5 Å². The number of carbonyl (C=O) groups is 1. The molecule has 0 fully saturated rings. The van der Waals surface area contributed by atoms with Crippen molar-refractivity contribution in [1.29, 1.82) is 0 Å². The topological polar surface area (TPSA) is 79.8 Å². The number of carbonyl (C=O) groups excluding carboxylic acids is 1. The van der Waals surface area contributed by atoms with Crippen LogP contribution in [-0.2, 0) is 18.3 Å². The SMILES string of the molecule is Cc1nc2[nH]n(C)c(=O)c2c(C)c1CCC(=O)Nc1ccccc1. The van der Waals surface area contributed by atoms with E-state index in [0.29, 0.717) is 23.9 Å². The normalized spacial score (nSPS) is 11.0. The molecule has 3 rings (SSSR count). The van der Waals surface area contributed by atoms with Crippen molar-refractivity contribution in [3.63, 3.8) is 0 Å². The Hall–Kier alpha value is -2.89. The van der Waals surface area contributed by atoms with E-state index in [9.17, 15) is 9.59 Å². The summed E-state index contributed by atoms with van der Waals surface area (Å²) < 4.78 is 1.43. The maximum absolute atomic E-state index is 12.2. The smallest absolute Gasteiger partial charge is 0.276 e. The van der Waals surface area contributed by atoms with Crippen LogP contribution in [0.15, 0.2) is 35.1 Å². The second-order valence-electron chi connectivity index (χ2n) is 5.91. The van der Waals surface area contributed by atoms with Crippen LogP contribution in [0.1, 0.15) is 23.2 Å². The number of H-pyrrole nitrogens is 1. The summed E-state index contributed by atoms with van der Waals surface area (Å²) in [6, 6.07) is 9.37. The van der Waals surface area contributed by atoms with E-state index < -0.39 is 0 Å². The summed E-state index contributed by atoms with van der Waals surface area (Å²) in [6.45, 7) is 3.82. The molecule has 6 heteroatoms. The van der Waals surface area contributed by atoms with Crippen molar-refractivity contribution in [2.24, 2.45) is 7.05 Å². The predicted molar refractivity (Wildman–Crippen MR) is 94.2 cm³/mol. The van der Waals surface area contributed by atoms with Gasteiger partial charge in [0.15, 0.2) is 5.65 Å². The molecule has 124 valence electrons. The number of aromatic nitrogens is 3. The Kier molecular flexibility index (Phi) is 4.20. The van der Waals surface area contributed by atoms with Crippen LogP contribution < -0.4 is 10.9 Å². The maximum Gasteiger partial charge on any atom is 0.276 e. The van der Waals surface area contributed by atoms with Crippen molar-refractivity contribution in [1.82, 2.24) is 14.8 Å². The lowest BCUT2D eigenvalue weighted by atomic mass is 10.0. The third-order valence-electron chi connectivity index (χ3n) is 4.23. The second kappa shape index (κ2) is 6.31. The third kappa shape index (κ3) is 2.95. The second-order valence-corrected chi connectivity index (χ2v) is 5.91. The lowest BCUT2D eigenvalue weighted by Crippen LogP contribution is -2.14. The van der Waals surface area contributed by atoms with Crippen molar-refractivity contribution in [3.8, 4) is 0 Å². The molecule has 2 heterocycles. The number of nitrogens with zero attached hydrogens (tertiary/aromatic N) is 2. The first-order valence-corrected chi connectivity index (χ1v) is 7.87. The minimum Gasteiger partial charge on any atom is -0.326 e. The molecular weight excluding hydrogens is 304 g/mol. The van der Waals surface area contributed by atoms with Crippen LogP contribution in [-0.4, -0.2) is 20.7 Å². The van der Waals surface area contributed by atoms with Crippen molar-refractivity contribution in [3.05, 3.63) is 57.5 Å². The van der Waals surface area contributed by atoms with Crippen molar-refractivity contribution in [2.75, 3.05) is 5.32 Å². The Balaban J connectivity index is 1.81. The Morgan fingerprint density at radius 2 is 1.96 bits per heavy atom. The number of aryl methyl sites for hydroxylation is 3. The lowest BCUT2D eigenvalue weighted by molar-refractivity contribution is -0.116. The summed E-state index contributed by atoms with van der Waals surface area (Å²) >= 11 is 0. The fourth-order valence-corrected chi connectivity index (χ4v) is 2.96. The van der Waals surface area contributed by atoms with Crippen molar-refractivity contribution < 1.29 is 4.79 Å². The van der Waals surface area contributed by atoms with Crippen LogP contribution in [0.25, 0.3) is 11.0 Å². The van der Waals surface area contributed by atoms with Gasteiger partial charge in [-0.3, -0.25) is 19.4 Å². The van der Waals surface area contributed by atoms with E-state index in [1.807, 2.05) is 44.2 Å². The van der Waals surface area contributed by atoms with Gasteiger partial charge in [-0.15, -0.1) is 0 Å². The van der Waals surface area contributed by atoms with Crippen LogP contribution in [0.3, 0.4) is 0 Å². The number of pyridine rings is 1. The predicted octanol–water partition coefficient (Wildman–Crippen LogP) is 2.45. The standard InChI is InChI=1S/C18H20N4O2/c1-11-14(9-10-15(23)20-13-7-5-4-6-8-13)12(2)19-17-16(11)18(24)22(3)21-17/h4-8H,9-10H2,1-3H3,(H,19,21)(H,20,23). The highest BCUT2D eigenvalue weighted by Gasteiger charge is 2.15. The van der Waals surface area contributed by atoms with Crippen LogP contribution in [0.4, 0.5) is 5.69 Å². The van der Waals surface area contributed by atoms with Gasteiger partial charge in [-0.2, -0.15) is 0 Å². The molecule has 0 aliphatic carbocycles. The lowest BCUT2D eigenvalue weighted by Gasteiger charge is -2.10. The quantitative estimate of drug-likeness (QED) is 0.773. The Morgan fingerprint density at radius 3 is 2.67 bits per heavy atom. The Labute approximate surface area is 139 Å². The summed E-state index contributed by atoms with van der Waals surface area (Å²) in [5.74, 6) is -0.0536. The average Bonchev–Trinajstić information content (AvgIpc) is 2.82. The molecule has 0 saturated carbocycles. The van der Waals surface area contributed by atoms with Crippen LogP contribution in [0, 0.1) is 13.8 Å². The average molecular weight is 324 g/mol. The van der Waals surface area contributed by atoms with Gasteiger partial charge in [0.05, 0.1) is 5.39 Å². The van der Waals surface area contributed by atoms with Gasteiger partial charge in [0, 0.05) is 24.8 Å². The van der Waals surface area contributed by atoms with Crippen LogP contribution >= 0.6 is 0 Å². The van der Waals surface area contributed by atoms with E-state index in [1.165, 1.54) is 4.68 Å². The highest BCUT2D eigenvalue weighted by Crippen LogP contribution is 2.20. The largest absolute Gasteiger partial charge is 0.326 e. The minimum absolute atomic E-state index is 0.0536. The molecule has 0 radical (unpaired) electrons. The molecule has 3 aromatic rings. The molecule has 1 aromatic carbocycles. The molecule has 0 saturated heterocycles. The molecular formula is C18H20N4O2. The third-order valence-corrected chi connectivity index (χ3v) is 4.23. The zero-order chi connectivity index (χ0) is 17.3. The van der Waals surface area contributed by atoms with Crippen LogP contribution in [0.5, 0.6) is 0 Å². The number of hydrogen-bond acceptors (Lipinski definition) is 3. The molecule has 0 aliphatic rings. The fraction of sp³-hybridized carbons (Fsp3) is 0.278. The number of anilines is 1. The first-order valence-electron chi connectivity index (χ1n) is 7.87. The number of rotatable bonds is 4. The monoisotopic (exact) mass is 324 g/mol. The molecule has 2 N–H and O–H groups in total. The Bertz CT molecular complexity index is 955. The van der Waals surface area contributed by atoms with Crippen LogP contribution in [0.2, 0.25) is 0 Å². The highest BCUT2D eigenvalue weighted by molar-refractivity contribution is 5.91. The number of para-hydroxylation sites is 1. The molecule has 24 heavy (non-hydrogen) atoms. The number of hydrogen-bond donors (Lipinski definition) is 2. The summed E-state index contributed by atoms with van der Waals surface area (Å²) in [4.78, 5) is 28.8. The number of benzene rings is 1. The fourth-order valence-electron chi connectivity index (χ4n) is 2.96. The minimum atomic E-state index is -0.0926.